The van der Waals surface area contributed by atoms with Gasteiger partial charge in [-0.1, -0.05) is 19.8 Å². The highest BCUT2D eigenvalue weighted by atomic mass is 19.1. The first-order valence-corrected chi connectivity index (χ1v) is 5.52. The second kappa shape index (κ2) is 5.58. The number of halogens is 1. The Bertz CT molecular complexity index is 138. The number of alkyl halides is 1. The quantitative estimate of drug-likeness (QED) is 0.675. The molecule has 1 rings (SSSR count). The van der Waals surface area contributed by atoms with Gasteiger partial charge in [0.2, 0.25) is 0 Å². The Morgan fingerprint density at radius 1 is 1.38 bits per heavy atom. The van der Waals surface area contributed by atoms with Gasteiger partial charge in [0.15, 0.2) is 0 Å². The molecular weight excluding hydrogens is 167 g/mol. The summed E-state index contributed by atoms with van der Waals surface area (Å²) in [6.45, 7) is 2.28. The van der Waals surface area contributed by atoms with E-state index in [4.69, 9.17) is 5.11 Å². The highest BCUT2D eigenvalue weighted by Gasteiger charge is 2.26. The Hall–Kier alpha value is -0.110. The molecule has 13 heavy (non-hydrogen) atoms. The van der Waals surface area contributed by atoms with Crippen LogP contribution >= 0.6 is 0 Å². The van der Waals surface area contributed by atoms with Crippen LogP contribution in [0.25, 0.3) is 0 Å². The number of hydrogen-bond acceptors (Lipinski definition) is 1. The SMILES string of the molecule is CCCC1CCC[C@H](CO)C[C@@H]1F. The van der Waals surface area contributed by atoms with E-state index in [1.165, 1.54) is 0 Å². The Morgan fingerprint density at radius 3 is 2.77 bits per heavy atom. The number of hydrogen-bond donors (Lipinski definition) is 1. The van der Waals surface area contributed by atoms with Crippen LogP contribution in [0, 0.1) is 11.8 Å². The maximum Gasteiger partial charge on any atom is 0.103 e. The summed E-state index contributed by atoms with van der Waals surface area (Å²) in [5, 5.41) is 8.98. The molecule has 0 bridgehead atoms. The van der Waals surface area contributed by atoms with Crippen LogP contribution in [-0.4, -0.2) is 17.9 Å². The van der Waals surface area contributed by atoms with Crippen molar-refractivity contribution in [1.82, 2.24) is 0 Å². The molecule has 78 valence electrons. The number of aliphatic hydroxyl groups is 1. The van der Waals surface area contributed by atoms with Crippen LogP contribution in [0.2, 0.25) is 0 Å². The summed E-state index contributed by atoms with van der Waals surface area (Å²) in [7, 11) is 0. The van der Waals surface area contributed by atoms with Gasteiger partial charge >= 0.3 is 0 Å². The average molecular weight is 188 g/mol. The van der Waals surface area contributed by atoms with Crippen LogP contribution in [0.15, 0.2) is 0 Å². The van der Waals surface area contributed by atoms with Crippen molar-refractivity contribution in [2.45, 2.75) is 51.6 Å². The van der Waals surface area contributed by atoms with E-state index in [0.29, 0.717) is 6.42 Å². The molecule has 1 unspecified atom stereocenters. The molecule has 0 aromatic rings. The third-order valence-corrected chi connectivity index (χ3v) is 3.17. The summed E-state index contributed by atoms with van der Waals surface area (Å²) in [5.41, 5.74) is 0. The van der Waals surface area contributed by atoms with Crippen molar-refractivity contribution in [3.63, 3.8) is 0 Å². The van der Waals surface area contributed by atoms with Crippen LogP contribution in [-0.2, 0) is 0 Å². The van der Waals surface area contributed by atoms with Crippen molar-refractivity contribution in [3.05, 3.63) is 0 Å². The lowest BCUT2D eigenvalue weighted by Gasteiger charge is -2.18. The van der Waals surface area contributed by atoms with Gasteiger partial charge in [0, 0.05) is 6.61 Å². The lowest BCUT2D eigenvalue weighted by molar-refractivity contribution is 0.153. The van der Waals surface area contributed by atoms with Gasteiger partial charge in [-0.25, -0.2) is 4.39 Å². The van der Waals surface area contributed by atoms with Gasteiger partial charge < -0.3 is 5.11 Å². The highest BCUT2D eigenvalue weighted by molar-refractivity contribution is 4.77. The zero-order chi connectivity index (χ0) is 9.68. The van der Waals surface area contributed by atoms with Crippen molar-refractivity contribution >= 4 is 0 Å². The zero-order valence-corrected chi connectivity index (χ0v) is 8.51. The molecule has 0 aromatic carbocycles. The monoisotopic (exact) mass is 188 g/mol. The Labute approximate surface area is 80.3 Å². The largest absolute Gasteiger partial charge is 0.396 e. The maximum absolute atomic E-state index is 13.6. The fraction of sp³-hybridized carbons (Fsp3) is 1.00. The second-order valence-electron chi connectivity index (χ2n) is 4.28. The minimum atomic E-state index is -0.667. The van der Waals surface area contributed by atoms with Gasteiger partial charge in [-0.05, 0) is 37.5 Å². The fourth-order valence-electron chi connectivity index (χ4n) is 2.34. The van der Waals surface area contributed by atoms with Gasteiger partial charge in [0.25, 0.3) is 0 Å². The smallest absolute Gasteiger partial charge is 0.103 e. The van der Waals surface area contributed by atoms with Gasteiger partial charge in [0.05, 0.1) is 0 Å². The number of aliphatic hydroxyl groups excluding tert-OH is 1. The summed E-state index contributed by atoms with van der Waals surface area (Å²) >= 11 is 0. The molecule has 1 aliphatic rings. The fourth-order valence-corrected chi connectivity index (χ4v) is 2.34. The molecule has 1 nitrogen and oxygen atoms in total. The van der Waals surface area contributed by atoms with Crippen molar-refractivity contribution < 1.29 is 9.50 Å². The van der Waals surface area contributed by atoms with Crippen molar-refractivity contribution in [2.75, 3.05) is 6.61 Å². The molecular formula is C11H21FO. The molecule has 3 atom stereocenters. The summed E-state index contributed by atoms with van der Waals surface area (Å²) in [4.78, 5) is 0. The molecule has 0 radical (unpaired) electrons. The molecule has 0 saturated heterocycles. The standard InChI is InChI=1S/C11H21FO/c1-2-4-10-6-3-5-9(8-13)7-11(10)12/h9-11,13H,2-8H2,1H3/t9-,10?,11-/m0/s1. The highest BCUT2D eigenvalue weighted by Crippen LogP contribution is 2.31. The molecule has 0 aromatic heterocycles. The lowest BCUT2D eigenvalue weighted by atomic mass is 9.93. The van der Waals surface area contributed by atoms with Crippen LogP contribution in [0.1, 0.15) is 45.4 Å². The Morgan fingerprint density at radius 2 is 2.15 bits per heavy atom. The van der Waals surface area contributed by atoms with Crippen LogP contribution in [0.5, 0.6) is 0 Å². The van der Waals surface area contributed by atoms with E-state index in [1.54, 1.807) is 0 Å². The second-order valence-corrected chi connectivity index (χ2v) is 4.28. The van der Waals surface area contributed by atoms with E-state index in [0.717, 1.165) is 32.1 Å². The van der Waals surface area contributed by atoms with Gasteiger partial charge in [-0.3, -0.25) is 0 Å². The predicted molar refractivity (Wildman–Crippen MR) is 52.3 cm³/mol. The third kappa shape index (κ3) is 3.26. The Balaban J connectivity index is 2.41. The third-order valence-electron chi connectivity index (χ3n) is 3.17. The molecule has 1 aliphatic carbocycles. The molecule has 1 N–H and O–H groups in total. The first-order valence-electron chi connectivity index (χ1n) is 5.52. The van der Waals surface area contributed by atoms with Crippen LogP contribution in [0.3, 0.4) is 0 Å². The van der Waals surface area contributed by atoms with Gasteiger partial charge in [-0.15, -0.1) is 0 Å². The van der Waals surface area contributed by atoms with E-state index in [-0.39, 0.29) is 18.4 Å². The Kier molecular flexibility index (Phi) is 4.71. The summed E-state index contributed by atoms with van der Waals surface area (Å²) in [5.74, 6) is 0.485. The van der Waals surface area contributed by atoms with E-state index in [9.17, 15) is 4.39 Å². The van der Waals surface area contributed by atoms with Gasteiger partial charge in [0.1, 0.15) is 6.17 Å². The molecule has 1 saturated carbocycles. The van der Waals surface area contributed by atoms with Crippen molar-refractivity contribution in [1.29, 1.82) is 0 Å². The lowest BCUT2D eigenvalue weighted by Crippen LogP contribution is -2.17. The van der Waals surface area contributed by atoms with E-state index in [1.807, 2.05) is 0 Å². The minimum absolute atomic E-state index is 0.166. The molecule has 0 spiro atoms. The molecule has 0 amide bonds. The normalized spacial score (nSPS) is 35.8. The van der Waals surface area contributed by atoms with Gasteiger partial charge in [-0.2, -0.15) is 0 Å². The topological polar surface area (TPSA) is 20.2 Å². The molecule has 1 fully saturated rings. The predicted octanol–water partition coefficient (Wildman–Crippen LogP) is 2.92. The maximum atomic E-state index is 13.6. The average Bonchev–Trinajstić information content (AvgIpc) is 2.30. The summed E-state index contributed by atoms with van der Waals surface area (Å²) in [6, 6.07) is 0. The van der Waals surface area contributed by atoms with Crippen molar-refractivity contribution in [3.8, 4) is 0 Å². The molecule has 2 heteroatoms. The summed E-state index contributed by atoms with van der Waals surface area (Å²) < 4.78 is 13.6. The first kappa shape index (κ1) is 11.0. The van der Waals surface area contributed by atoms with Crippen molar-refractivity contribution in [2.24, 2.45) is 11.8 Å². The molecule has 0 aliphatic heterocycles. The molecule has 0 heterocycles. The minimum Gasteiger partial charge on any atom is -0.396 e. The van der Waals surface area contributed by atoms with E-state index in [2.05, 4.69) is 6.92 Å². The van der Waals surface area contributed by atoms with Crippen LogP contribution in [0.4, 0.5) is 4.39 Å². The number of rotatable bonds is 3. The van der Waals surface area contributed by atoms with Crippen LogP contribution < -0.4 is 0 Å². The first-order chi connectivity index (χ1) is 6.27. The summed E-state index contributed by atoms with van der Waals surface area (Å²) in [6.07, 6.45) is 5.13. The van der Waals surface area contributed by atoms with E-state index < -0.39 is 6.17 Å². The van der Waals surface area contributed by atoms with E-state index >= 15 is 0 Å². The zero-order valence-electron chi connectivity index (χ0n) is 8.51.